The number of rotatable bonds is 5. The maximum absolute atomic E-state index is 11.7. The van der Waals surface area contributed by atoms with Gasteiger partial charge in [0.05, 0.1) is 6.54 Å². The smallest absolute Gasteiger partial charge is 0.292 e. The zero-order valence-electron chi connectivity index (χ0n) is 16.0. The van der Waals surface area contributed by atoms with Gasteiger partial charge in [-0.05, 0) is 30.5 Å². The second-order valence-corrected chi connectivity index (χ2v) is 7.22. The zero-order chi connectivity index (χ0) is 19.4. The van der Waals surface area contributed by atoms with Crippen molar-refractivity contribution in [3.05, 3.63) is 83.5 Å². The molecule has 0 unspecified atom stereocenters. The van der Waals surface area contributed by atoms with Gasteiger partial charge in [0.1, 0.15) is 0 Å². The number of hydrogen-bond acceptors (Lipinski definition) is 5. The Bertz CT molecular complexity index is 884. The van der Waals surface area contributed by atoms with Crippen LogP contribution in [0.25, 0.3) is 0 Å². The zero-order valence-corrected chi connectivity index (χ0v) is 16.0. The summed E-state index contributed by atoms with van der Waals surface area (Å²) in [4.78, 5) is 18.3. The van der Waals surface area contributed by atoms with Gasteiger partial charge < -0.3 is 9.84 Å². The van der Waals surface area contributed by atoms with Gasteiger partial charge in [0, 0.05) is 19.0 Å². The van der Waals surface area contributed by atoms with E-state index in [4.69, 9.17) is 4.52 Å². The number of nitrogens with zero attached hydrogens (tertiary/aromatic N) is 3. The van der Waals surface area contributed by atoms with Crippen LogP contribution in [-0.4, -0.2) is 41.1 Å². The van der Waals surface area contributed by atoms with Crippen LogP contribution >= 0.6 is 0 Å². The Balaban J connectivity index is 1.62. The van der Waals surface area contributed by atoms with Crippen LogP contribution in [-0.2, 0) is 12.0 Å². The number of carbonyl (C=O) groups is 1. The minimum absolute atomic E-state index is 0.0758. The third kappa shape index (κ3) is 3.55. The second-order valence-electron chi connectivity index (χ2n) is 7.22. The summed E-state index contributed by atoms with van der Waals surface area (Å²) < 4.78 is 5.31. The van der Waals surface area contributed by atoms with Crippen molar-refractivity contribution in [2.24, 2.45) is 0 Å². The lowest BCUT2D eigenvalue weighted by Gasteiger charge is -2.43. The first-order chi connectivity index (χ1) is 13.7. The molecule has 1 aliphatic heterocycles. The van der Waals surface area contributed by atoms with E-state index in [1.807, 2.05) is 0 Å². The van der Waals surface area contributed by atoms with Gasteiger partial charge in [0.15, 0.2) is 0 Å². The quantitative estimate of drug-likeness (QED) is 0.741. The highest BCUT2D eigenvalue weighted by atomic mass is 16.5. The lowest BCUT2D eigenvalue weighted by atomic mass is 9.69. The normalized spacial score (nSPS) is 16.6. The lowest BCUT2D eigenvalue weighted by molar-refractivity contribution is 0.0950. The van der Waals surface area contributed by atoms with Gasteiger partial charge >= 0.3 is 0 Å². The molecule has 6 nitrogen and oxygen atoms in total. The molecule has 0 spiro atoms. The molecule has 0 atom stereocenters. The van der Waals surface area contributed by atoms with Crippen LogP contribution in [0.1, 0.15) is 40.5 Å². The molecule has 3 aromatic rings. The van der Waals surface area contributed by atoms with Crippen LogP contribution in [0, 0.1) is 0 Å². The molecule has 4 rings (SSSR count). The fraction of sp³-hybridized carbons (Fsp3) is 0.318. The van der Waals surface area contributed by atoms with E-state index in [9.17, 15) is 4.79 Å². The number of hydrogen-bond donors (Lipinski definition) is 1. The van der Waals surface area contributed by atoms with Gasteiger partial charge in [-0.25, -0.2) is 0 Å². The van der Waals surface area contributed by atoms with Crippen LogP contribution in [0.4, 0.5) is 0 Å². The first-order valence-electron chi connectivity index (χ1n) is 9.59. The second kappa shape index (κ2) is 7.94. The van der Waals surface area contributed by atoms with Crippen molar-refractivity contribution in [3.63, 3.8) is 0 Å². The summed E-state index contributed by atoms with van der Waals surface area (Å²) in [5.74, 6) is 0.207. The highest BCUT2D eigenvalue weighted by Gasteiger charge is 2.39. The fourth-order valence-corrected chi connectivity index (χ4v) is 4.15. The van der Waals surface area contributed by atoms with Crippen LogP contribution in [0.15, 0.2) is 65.2 Å². The third-order valence-electron chi connectivity index (χ3n) is 5.48. The summed E-state index contributed by atoms with van der Waals surface area (Å²) in [6.45, 7) is 2.35. The van der Waals surface area contributed by atoms with Crippen LogP contribution in [0.5, 0.6) is 0 Å². The lowest BCUT2D eigenvalue weighted by Crippen LogP contribution is -2.46. The maximum Gasteiger partial charge on any atom is 0.292 e. The molecule has 1 amide bonds. The molecular weight excluding hydrogens is 352 g/mol. The van der Waals surface area contributed by atoms with E-state index >= 15 is 0 Å². The van der Waals surface area contributed by atoms with E-state index < -0.39 is 0 Å². The van der Waals surface area contributed by atoms with Crippen molar-refractivity contribution in [1.29, 1.82) is 0 Å². The largest absolute Gasteiger partial charge is 0.352 e. The van der Waals surface area contributed by atoms with Crippen LogP contribution in [0.3, 0.4) is 0 Å². The Kier molecular flexibility index (Phi) is 5.21. The van der Waals surface area contributed by atoms with E-state index in [-0.39, 0.29) is 17.1 Å². The minimum Gasteiger partial charge on any atom is -0.352 e. The number of benzene rings is 2. The van der Waals surface area contributed by atoms with Crippen molar-refractivity contribution in [2.75, 3.05) is 20.1 Å². The summed E-state index contributed by atoms with van der Waals surface area (Å²) >= 11 is 0. The van der Waals surface area contributed by atoms with Crippen LogP contribution in [0.2, 0.25) is 0 Å². The Labute approximate surface area is 164 Å². The Morgan fingerprint density at radius 2 is 1.75 bits per heavy atom. The summed E-state index contributed by atoms with van der Waals surface area (Å²) in [5.41, 5.74) is 2.56. The number of nitrogens with one attached hydrogen (secondary N) is 1. The fourth-order valence-electron chi connectivity index (χ4n) is 4.15. The number of piperidine rings is 1. The van der Waals surface area contributed by atoms with Gasteiger partial charge in [-0.15, -0.1) is 0 Å². The summed E-state index contributed by atoms with van der Waals surface area (Å²) in [7, 11) is 1.55. The SMILES string of the molecule is CNC(=O)c1noc(CN2CCCC(c3ccccc3)(c3ccccc3)C2)n1. The average molecular weight is 376 g/mol. The molecule has 1 aliphatic rings. The Morgan fingerprint density at radius 3 is 2.36 bits per heavy atom. The molecular formula is C22H24N4O2. The monoisotopic (exact) mass is 376 g/mol. The van der Waals surface area contributed by atoms with Gasteiger partial charge in [-0.2, -0.15) is 4.98 Å². The van der Waals surface area contributed by atoms with Crippen molar-refractivity contribution in [1.82, 2.24) is 20.4 Å². The average Bonchev–Trinajstić information content (AvgIpc) is 3.23. The highest BCUT2D eigenvalue weighted by molar-refractivity contribution is 5.89. The maximum atomic E-state index is 11.7. The Morgan fingerprint density at radius 1 is 1.11 bits per heavy atom. The molecule has 0 aliphatic carbocycles. The van der Waals surface area contributed by atoms with E-state index in [1.165, 1.54) is 11.1 Å². The van der Waals surface area contributed by atoms with Crippen molar-refractivity contribution in [2.45, 2.75) is 24.8 Å². The number of amides is 1. The van der Waals surface area contributed by atoms with Crippen molar-refractivity contribution < 1.29 is 9.32 Å². The molecule has 6 heteroatoms. The number of carbonyl (C=O) groups excluding carboxylic acids is 1. The van der Waals surface area contributed by atoms with Crippen molar-refractivity contribution >= 4 is 5.91 Å². The third-order valence-corrected chi connectivity index (χ3v) is 5.48. The Hall–Kier alpha value is -2.99. The molecule has 0 saturated carbocycles. The van der Waals surface area contributed by atoms with Crippen molar-refractivity contribution in [3.8, 4) is 0 Å². The molecule has 1 saturated heterocycles. The van der Waals surface area contributed by atoms with Crippen LogP contribution < -0.4 is 5.32 Å². The predicted octanol–water partition coefficient (Wildman–Crippen LogP) is 3.01. The number of aromatic nitrogens is 2. The van der Waals surface area contributed by atoms with E-state index in [2.05, 4.69) is 81.0 Å². The van der Waals surface area contributed by atoms with Gasteiger partial charge in [0.25, 0.3) is 11.7 Å². The minimum atomic E-state index is -0.337. The molecule has 144 valence electrons. The first-order valence-corrected chi connectivity index (χ1v) is 9.59. The molecule has 1 N–H and O–H groups in total. The predicted molar refractivity (Wildman–Crippen MR) is 106 cm³/mol. The molecule has 28 heavy (non-hydrogen) atoms. The van der Waals surface area contributed by atoms with E-state index in [0.717, 1.165) is 25.9 Å². The number of likely N-dealkylation sites (tertiary alicyclic amines) is 1. The summed E-state index contributed by atoms with van der Waals surface area (Å²) in [5, 5.41) is 6.30. The summed E-state index contributed by atoms with van der Waals surface area (Å²) in [6, 6.07) is 21.4. The van der Waals surface area contributed by atoms with Gasteiger partial charge in [-0.3, -0.25) is 9.69 Å². The molecule has 2 heterocycles. The van der Waals surface area contributed by atoms with Gasteiger partial charge in [-0.1, -0.05) is 65.8 Å². The summed E-state index contributed by atoms with van der Waals surface area (Å²) in [6.07, 6.45) is 2.16. The topological polar surface area (TPSA) is 71.3 Å². The molecule has 2 aromatic carbocycles. The first kappa shape index (κ1) is 18.4. The highest BCUT2D eigenvalue weighted by Crippen LogP contribution is 2.40. The molecule has 0 radical (unpaired) electrons. The molecule has 1 fully saturated rings. The standard InChI is InChI=1S/C22H24N4O2/c1-23-21(27)20-24-19(28-25-20)15-26-14-8-13-22(16-26,17-9-4-2-5-10-17)18-11-6-3-7-12-18/h2-7,9-12H,8,13-16H2,1H3,(H,23,27). The van der Waals surface area contributed by atoms with Gasteiger partial charge in [0.2, 0.25) is 5.89 Å². The molecule has 1 aromatic heterocycles. The van der Waals surface area contributed by atoms with E-state index in [1.54, 1.807) is 7.05 Å². The molecule has 0 bridgehead atoms. The van der Waals surface area contributed by atoms with E-state index in [0.29, 0.717) is 12.4 Å².